The zero-order chi connectivity index (χ0) is 11.5. The summed E-state index contributed by atoms with van der Waals surface area (Å²) in [5, 5.41) is 0.956. The lowest BCUT2D eigenvalue weighted by Crippen LogP contribution is -1.96. The van der Waals surface area contributed by atoms with Crippen LogP contribution in [0.15, 0.2) is 24.4 Å². The molecule has 1 heterocycles. The van der Waals surface area contributed by atoms with Gasteiger partial charge in [-0.15, -0.1) is 0 Å². The highest BCUT2D eigenvalue weighted by Crippen LogP contribution is 2.42. The zero-order valence-corrected chi connectivity index (χ0v) is 9.48. The van der Waals surface area contributed by atoms with Crippen molar-refractivity contribution in [2.75, 3.05) is 21.3 Å². The lowest BCUT2D eigenvalue weighted by atomic mass is 10.2. The molecule has 0 bridgehead atoms. The second-order valence-corrected chi connectivity index (χ2v) is 3.22. The highest BCUT2D eigenvalue weighted by atomic mass is 16.5. The van der Waals surface area contributed by atoms with Gasteiger partial charge in [-0.05, 0) is 12.1 Å². The second-order valence-electron chi connectivity index (χ2n) is 3.22. The predicted molar refractivity (Wildman–Crippen MR) is 61.4 cm³/mol. The summed E-state index contributed by atoms with van der Waals surface area (Å²) in [5.74, 6) is 1.80. The molecule has 4 heteroatoms. The molecule has 0 unspecified atom stereocenters. The molecule has 1 aromatic heterocycles. The Labute approximate surface area is 93.8 Å². The van der Waals surface area contributed by atoms with E-state index in [1.54, 1.807) is 27.5 Å². The molecular weight excluding hydrogens is 206 g/mol. The van der Waals surface area contributed by atoms with E-state index >= 15 is 0 Å². The first kappa shape index (κ1) is 10.5. The maximum Gasteiger partial charge on any atom is 0.205 e. The van der Waals surface area contributed by atoms with Gasteiger partial charge in [0, 0.05) is 11.6 Å². The molecule has 0 aliphatic rings. The number of aromatic nitrogens is 1. The Kier molecular flexibility index (Phi) is 2.81. The molecule has 0 aliphatic heterocycles. The van der Waals surface area contributed by atoms with Crippen molar-refractivity contribution < 1.29 is 14.2 Å². The maximum atomic E-state index is 5.32. The molecule has 2 rings (SSSR count). The lowest BCUT2D eigenvalue weighted by molar-refractivity contribution is 0.327. The number of hydrogen-bond acceptors (Lipinski definition) is 4. The Hall–Kier alpha value is -1.97. The van der Waals surface area contributed by atoms with Crippen LogP contribution in [0.1, 0.15) is 0 Å². The predicted octanol–water partition coefficient (Wildman–Crippen LogP) is 2.26. The molecular formula is C12H13NO3. The van der Waals surface area contributed by atoms with Gasteiger partial charge in [-0.1, -0.05) is 6.07 Å². The number of benzene rings is 1. The minimum atomic E-state index is 0.566. The quantitative estimate of drug-likeness (QED) is 0.794. The standard InChI is InChI=1S/C12H13NO3/c1-14-9-7-8-5-4-6-13-10(8)12(16-3)11(9)15-2/h4-7H,1-3H3. The molecule has 0 amide bonds. The van der Waals surface area contributed by atoms with Crippen molar-refractivity contribution in [2.45, 2.75) is 0 Å². The van der Waals surface area contributed by atoms with Gasteiger partial charge in [0.2, 0.25) is 5.75 Å². The first-order valence-electron chi connectivity index (χ1n) is 4.85. The van der Waals surface area contributed by atoms with Crippen molar-refractivity contribution in [1.29, 1.82) is 0 Å². The average molecular weight is 219 g/mol. The van der Waals surface area contributed by atoms with Crippen LogP contribution in [-0.2, 0) is 0 Å². The molecule has 16 heavy (non-hydrogen) atoms. The molecule has 0 N–H and O–H groups in total. The van der Waals surface area contributed by atoms with Crippen molar-refractivity contribution in [3.8, 4) is 17.2 Å². The normalized spacial score (nSPS) is 10.2. The van der Waals surface area contributed by atoms with E-state index in [4.69, 9.17) is 14.2 Å². The van der Waals surface area contributed by atoms with E-state index in [0.717, 1.165) is 10.9 Å². The number of hydrogen-bond donors (Lipinski definition) is 0. The van der Waals surface area contributed by atoms with Gasteiger partial charge < -0.3 is 14.2 Å². The highest BCUT2D eigenvalue weighted by molar-refractivity contribution is 5.89. The number of pyridine rings is 1. The van der Waals surface area contributed by atoms with Gasteiger partial charge in [0.15, 0.2) is 11.5 Å². The van der Waals surface area contributed by atoms with Gasteiger partial charge in [0.25, 0.3) is 0 Å². The average Bonchev–Trinajstić information content (AvgIpc) is 2.36. The van der Waals surface area contributed by atoms with Crippen LogP contribution in [0.3, 0.4) is 0 Å². The maximum absolute atomic E-state index is 5.32. The van der Waals surface area contributed by atoms with E-state index in [1.807, 2.05) is 18.2 Å². The number of ether oxygens (including phenoxy) is 3. The first-order valence-corrected chi connectivity index (χ1v) is 4.85. The van der Waals surface area contributed by atoms with Crippen LogP contribution >= 0.6 is 0 Å². The Bertz CT molecular complexity index is 511. The molecule has 0 spiro atoms. The van der Waals surface area contributed by atoms with Crippen LogP contribution in [0.2, 0.25) is 0 Å². The summed E-state index contributed by atoms with van der Waals surface area (Å²) in [4.78, 5) is 4.28. The van der Waals surface area contributed by atoms with Crippen molar-refractivity contribution >= 4 is 10.9 Å². The monoisotopic (exact) mass is 219 g/mol. The largest absolute Gasteiger partial charge is 0.493 e. The third-order valence-corrected chi connectivity index (χ3v) is 2.40. The van der Waals surface area contributed by atoms with E-state index in [1.165, 1.54) is 0 Å². The molecule has 0 radical (unpaired) electrons. The molecule has 0 saturated carbocycles. The lowest BCUT2D eigenvalue weighted by Gasteiger charge is -2.13. The molecule has 2 aromatic rings. The summed E-state index contributed by atoms with van der Waals surface area (Å²) >= 11 is 0. The van der Waals surface area contributed by atoms with Crippen molar-refractivity contribution in [3.63, 3.8) is 0 Å². The summed E-state index contributed by atoms with van der Waals surface area (Å²) in [5.41, 5.74) is 0.766. The Morgan fingerprint density at radius 2 is 1.75 bits per heavy atom. The molecule has 0 aliphatic carbocycles. The summed E-state index contributed by atoms with van der Waals surface area (Å²) in [6.07, 6.45) is 1.72. The smallest absolute Gasteiger partial charge is 0.205 e. The van der Waals surface area contributed by atoms with Crippen LogP contribution in [0.25, 0.3) is 10.9 Å². The second kappa shape index (κ2) is 4.26. The zero-order valence-electron chi connectivity index (χ0n) is 9.48. The SMILES string of the molecule is COc1cc2cccnc2c(OC)c1OC. The fraction of sp³-hybridized carbons (Fsp3) is 0.250. The Morgan fingerprint density at radius 3 is 2.38 bits per heavy atom. The van der Waals surface area contributed by atoms with Crippen molar-refractivity contribution in [3.05, 3.63) is 24.4 Å². The van der Waals surface area contributed by atoms with E-state index in [-0.39, 0.29) is 0 Å². The molecule has 0 atom stereocenters. The number of rotatable bonds is 3. The Balaban J connectivity index is 2.82. The van der Waals surface area contributed by atoms with Crippen LogP contribution in [-0.4, -0.2) is 26.3 Å². The van der Waals surface area contributed by atoms with Gasteiger partial charge in [-0.2, -0.15) is 0 Å². The number of nitrogens with zero attached hydrogens (tertiary/aromatic N) is 1. The molecule has 0 fully saturated rings. The molecule has 4 nitrogen and oxygen atoms in total. The van der Waals surface area contributed by atoms with Crippen LogP contribution in [0, 0.1) is 0 Å². The minimum Gasteiger partial charge on any atom is -0.493 e. The fourth-order valence-electron chi connectivity index (χ4n) is 1.68. The summed E-state index contributed by atoms with van der Waals surface area (Å²) in [7, 11) is 4.76. The minimum absolute atomic E-state index is 0.566. The molecule has 0 saturated heterocycles. The summed E-state index contributed by atoms with van der Waals surface area (Å²) in [6, 6.07) is 5.70. The van der Waals surface area contributed by atoms with Crippen LogP contribution in [0.4, 0.5) is 0 Å². The van der Waals surface area contributed by atoms with E-state index < -0.39 is 0 Å². The van der Waals surface area contributed by atoms with E-state index in [2.05, 4.69) is 4.98 Å². The van der Waals surface area contributed by atoms with Crippen LogP contribution < -0.4 is 14.2 Å². The molecule has 1 aromatic carbocycles. The van der Waals surface area contributed by atoms with Gasteiger partial charge in [0.05, 0.1) is 21.3 Å². The van der Waals surface area contributed by atoms with Gasteiger partial charge >= 0.3 is 0 Å². The molecule has 84 valence electrons. The van der Waals surface area contributed by atoms with Gasteiger partial charge in [-0.25, -0.2) is 0 Å². The van der Waals surface area contributed by atoms with Gasteiger partial charge in [0.1, 0.15) is 5.52 Å². The Morgan fingerprint density at radius 1 is 1.00 bits per heavy atom. The third-order valence-electron chi connectivity index (χ3n) is 2.40. The highest BCUT2D eigenvalue weighted by Gasteiger charge is 2.15. The number of fused-ring (bicyclic) bond motifs is 1. The van der Waals surface area contributed by atoms with Crippen molar-refractivity contribution in [2.24, 2.45) is 0 Å². The van der Waals surface area contributed by atoms with Crippen molar-refractivity contribution in [1.82, 2.24) is 4.98 Å². The fourth-order valence-corrected chi connectivity index (χ4v) is 1.68. The van der Waals surface area contributed by atoms with Crippen LogP contribution in [0.5, 0.6) is 17.2 Å². The third kappa shape index (κ3) is 1.52. The van der Waals surface area contributed by atoms with E-state index in [9.17, 15) is 0 Å². The van der Waals surface area contributed by atoms with Gasteiger partial charge in [-0.3, -0.25) is 4.98 Å². The summed E-state index contributed by atoms with van der Waals surface area (Å²) < 4.78 is 15.9. The first-order chi connectivity index (χ1) is 7.81. The topological polar surface area (TPSA) is 40.6 Å². The van der Waals surface area contributed by atoms with E-state index in [0.29, 0.717) is 17.2 Å². The number of methoxy groups -OCH3 is 3. The summed E-state index contributed by atoms with van der Waals surface area (Å²) in [6.45, 7) is 0.